The molecule has 0 spiro atoms. The average molecular weight is 475 g/mol. The first kappa shape index (κ1) is 22.7. The number of nitrogens with zero attached hydrogens (tertiary/aromatic N) is 1. The van der Waals surface area contributed by atoms with E-state index in [1.165, 1.54) is 6.07 Å². The van der Waals surface area contributed by atoms with Crippen LogP contribution in [-0.4, -0.2) is 37.2 Å². The van der Waals surface area contributed by atoms with Gasteiger partial charge in [-0.1, -0.05) is 12.6 Å². The molecule has 32 heavy (non-hydrogen) atoms. The number of carbonyl (C=O) groups excluding carboxylic acids is 1. The van der Waals surface area contributed by atoms with Gasteiger partial charge in [-0.05, 0) is 55.9 Å². The number of nitro benzene ring substituents is 1. The predicted molar refractivity (Wildman–Crippen MR) is 103 cm³/mol. The van der Waals surface area contributed by atoms with E-state index >= 15 is 0 Å². The van der Waals surface area contributed by atoms with Crippen LogP contribution in [-0.2, 0) is 23.8 Å². The maximum absolute atomic E-state index is 13.0. The van der Waals surface area contributed by atoms with E-state index in [1.807, 2.05) is 0 Å². The summed E-state index contributed by atoms with van der Waals surface area (Å²) in [6, 6.07) is 4.28. The maximum atomic E-state index is 13.0. The Bertz CT molecular complexity index is 1070. The second-order valence-electron chi connectivity index (χ2n) is 8.76. The average Bonchev–Trinajstić information content (AvgIpc) is 2.69. The zero-order valence-corrected chi connectivity index (χ0v) is 17.5. The van der Waals surface area contributed by atoms with Crippen LogP contribution in [0.25, 0.3) is 0 Å². The number of esters is 1. The van der Waals surface area contributed by atoms with Gasteiger partial charge in [-0.25, -0.2) is 4.79 Å². The zero-order valence-electron chi connectivity index (χ0n) is 16.7. The minimum atomic E-state index is -4.98. The summed E-state index contributed by atoms with van der Waals surface area (Å²) in [5.74, 6) is -1.82. The van der Waals surface area contributed by atoms with Gasteiger partial charge in [0.1, 0.15) is 22.2 Å². The first-order valence-electron chi connectivity index (χ1n) is 9.98. The molecule has 0 aliphatic heterocycles. The molecular formula is C20H20F3NO7S. The number of rotatable bonds is 6. The number of hydrogen-bond acceptors (Lipinski definition) is 7. The third-order valence-electron chi connectivity index (χ3n) is 6.59. The standard InChI is InChI=1S/C20H20F3NO7S/c1-11(20(21,22)23)18(25)30-19-9-12-5-13(10-19)7-14(6-12)17(19)31-32(28,29)16-4-2-3-15(8-16)24(26)27/h2-4,8,12-14,17H,1,5-7,9-10H2. The fourth-order valence-electron chi connectivity index (χ4n) is 5.53. The number of hydrogen-bond donors (Lipinski definition) is 0. The smallest absolute Gasteiger partial charge is 0.422 e. The molecular weight excluding hydrogens is 455 g/mol. The van der Waals surface area contributed by atoms with Gasteiger partial charge >= 0.3 is 12.1 Å². The third-order valence-corrected chi connectivity index (χ3v) is 7.88. The minimum absolute atomic E-state index is 0.0832. The molecule has 0 saturated heterocycles. The van der Waals surface area contributed by atoms with Crippen molar-refractivity contribution in [3.05, 3.63) is 46.5 Å². The van der Waals surface area contributed by atoms with Gasteiger partial charge in [0, 0.05) is 12.1 Å². The van der Waals surface area contributed by atoms with Crippen molar-refractivity contribution in [2.75, 3.05) is 0 Å². The summed E-state index contributed by atoms with van der Waals surface area (Å²) in [5.41, 5.74) is -3.66. The van der Waals surface area contributed by atoms with Crippen molar-refractivity contribution in [1.29, 1.82) is 0 Å². The Morgan fingerprint density at radius 1 is 1.19 bits per heavy atom. The lowest BCUT2D eigenvalue weighted by atomic mass is 9.53. The lowest BCUT2D eigenvalue weighted by Gasteiger charge is -2.59. The molecule has 4 aliphatic rings. The molecule has 3 unspecified atom stereocenters. The van der Waals surface area contributed by atoms with Gasteiger partial charge in [0.2, 0.25) is 0 Å². The quantitative estimate of drug-likeness (QED) is 0.202. The van der Waals surface area contributed by atoms with Crippen molar-refractivity contribution in [3.63, 3.8) is 0 Å². The van der Waals surface area contributed by atoms with Gasteiger partial charge in [0.05, 0.1) is 4.92 Å². The second kappa shape index (κ2) is 7.55. The minimum Gasteiger partial charge on any atom is -0.453 e. The van der Waals surface area contributed by atoms with Crippen LogP contribution < -0.4 is 0 Å². The van der Waals surface area contributed by atoms with Crippen LogP contribution in [0.2, 0.25) is 0 Å². The molecule has 174 valence electrons. The highest BCUT2D eigenvalue weighted by Crippen LogP contribution is 2.59. The number of ether oxygens (including phenoxy) is 1. The van der Waals surface area contributed by atoms with E-state index in [-0.39, 0.29) is 30.6 Å². The van der Waals surface area contributed by atoms with E-state index in [4.69, 9.17) is 8.92 Å². The molecule has 0 amide bonds. The number of carbonyl (C=O) groups is 1. The molecule has 12 heteroatoms. The Labute approximate surface area is 181 Å². The van der Waals surface area contributed by atoms with Crippen molar-refractivity contribution in [2.45, 2.75) is 54.9 Å². The fourth-order valence-corrected chi connectivity index (χ4v) is 6.76. The molecule has 4 saturated carbocycles. The summed E-state index contributed by atoms with van der Waals surface area (Å²) in [7, 11) is -4.52. The number of benzene rings is 1. The van der Waals surface area contributed by atoms with Gasteiger partial charge in [0.25, 0.3) is 15.8 Å². The van der Waals surface area contributed by atoms with E-state index in [0.717, 1.165) is 24.6 Å². The van der Waals surface area contributed by atoms with Crippen molar-refractivity contribution < 1.29 is 40.2 Å². The van der Waals surface area contributed by atoms with Gasteiger partial charge in [-0.2, -0.15) is 21.6 Å². The molecule has 8 nitrogen and oxygen atoms in total. The molecule has 3 atom stereocenters. The van der Waals surface area contributed by atoms with Crippen LogP contribution in [0.5, 0.6) is 0 Å². The van der Waals surface area contributed by atoms with Crippen LogP contribution in [0.15, 0.2) is 41.3 Å². The highest BCUT2D eigenvalue weighted by molar-refractivity contribution is 7.86. The molecule has 1 aromatic rings. The van der Waals surface area contributed by atoms with Crippen molar-refractivity contribution in [3.8, 4) is 0 Å². The maximum Gasteiger partial charge on any atom is 0.422 e. The molecule has 0 N–H and O–H groups in total. The highest BCUT2D eigenvalue weighted by atomic mass is 32.2. The van der Waals surface area contributed by atoms with E-state index in [9.17, 15) is 36.5 Å². The lowest BCUT2D eigenvalue weighted by Crippen LogP contribution is -2.63. The van der Waals surface area contributed by atoms with E-state index in [1.54, 1.807) is 0 Å². The van der Waals surface area contributed by atoms with Gasteiger partial charge in [-0.15, -0.1) is 0 Å². The zero-order chi connectivity index (χ0) is 23.5. The topological polar surface area (TPSA) is 113 Å². The van der Waals surface area contributed by atoms with Gasteiger partial charge < -0.3 is 4.74 Å². The number of alkyl halides is 3. The summed E-state index contributed by atoms with van der Waals surface area (Å²) < 4.78 is 75.6. The molecule has 4 fully saturated rings. The monoisotopic (exact) mass is 475 g/mol. The Hall–Kier alpha value is -2.47. The Balaban J connectivity index is 1.65. The second-order valence-corrected chi connectivity index (χ2v) is 10.3. The van der Waals surface area contributed by atoms with E-state index in [0.29, 0.717) is 12.8 Å². The van der Waals surface area contributed by atoms with Gasteiger partial charge in [0.15, 0.2) is 0 Å². The lowest BCUT2D eigenvalue weighted by molar-refractivity contribution is -0.385. The molecule has 4 bridgehead atoms. The number of non-ortho nitro benzene ring substituents is 1. The summed E-state index contributed by atoms with van der Waals surface area (Å²) in [4.78, 5) is 22.0. The summed E-state index contributed by atoms with van der Waals surface area (Å²) >= 11 is 0. The Kier molecular flexibility index (Phi) is 5.36. The largest absolute Gasteiger partial charge is 0.453 e. The van der Waals surface area contributed by atoms with Crippen molar-refractivity contribution in [1.82, 2.24) is 0 Å². The number of halogens is 3. The van der Waals surface area contributed by atoms with Crippen LogP contribution in [0.4, 0.5) is 18.9 Å². The van der Waals surface area contributed by atoms with Crippen LogP contribution in [0, 0.1) is 27.9 Å². The summed E-state index contributed by atoms with van der Waals surface area (Å²) in [5, 5.41) is 11.0. The molecule has 0 heterocycles. The van der Waals surface area contributed by atoms with E-state index in [2.05, 4.69) is 6.58 Å². The third kappa shape index (κ3) is 4.01. The first-order valence-corrected chi connectivity index (χ1v) is 11.4. The van der Waals surface area contributed by atoms with Gasteiger partial charge in [-0.3, -0.25) is 14.3 Å². The van der Waals surface area contributed by atoms with Crippen molar-refractivity contribution in [2.24, 2.45) is 17.8 Å². The SMILES string of the molecule is C=C(C(=O)OC12CC3CC(CC(C3)C1OS(=O)(=O)c1cccc([N+](=O)[O-])c1)C2)C(F)(F)F. The fraction of sp³-hybridized carbons (Fsp3) is 0.550. The van der Waals surface area contributed by atoms with Crippen LogP contribution in [0.1, 0.15) is 32.1 Å². The van der Waals surface area contributed by atoms with E-state index < -0.39 is 55.0 Å². The Morgan fingerprint density at radius 3 is 2.38 bits per heavy atom. The summed E-state index contributed by atoms with van der Waals surface area (Å²) in [6.45, 7) is 2.78. The molecule has 0 aromatic heterocycles. The van der Waals surface area contributed by atoms with Crippen LogP contribution >= 0.6 is 0 Å². The van der Waals surface area contributed by atoms with Crippen LogP contribution in [0.3, 0.4) is 0 Å². The highest BCUT2D eigenvalue weighted by Gasteiger charge is 2.62. The van der Waals surface area contributed by atoms with Crippen molar-refractivity contribution >= 4 is 21.8 Å². The predicted octanol–water partition coefficient (Wildman–Crippen LogP) is 3.91. The number of nitro groups is 1. The molecule has 5 rings (SSSR count). The normalized spacial score (nSPS) is 31.3. The molecule has 1 aromatic carbocycles. The first-order chi connectivity index (χ1) is 14.8. The molecule has 0 radical (unpaired) electrons. The summed E-state index contributed by atoms with van der Waals surface area (Å²) in [6.07, 6.45) is -3.76. The Morgan fingerprint density at radius 2 is 1.81 bits per heavy atom. The molecule has 4 aliphatic carbocycles.